The number of unbranched alkanes of at least 4 members (excludes halogenated alkanes) is 1. The van der Waals surface area contributed by atoms with E-state index in [1.165, 1.54) is 0 Å². The number of carbonyl (C=O) groups is 1. The van der Waals surface area contributed by atoms with Crippen molar-refractivity contribution in [3.63, 3.8) is 0 Å². The van der Waals surface area contributed by atoms with E-state index < -0.39 is 0 Å². The molecular formula is C29H31N3O4. The molecule has 186 valence electrons. The molecule has 7 nitrogen and oxygen atoms in total. The number of ether oxygens (including phenoxy) is 3. The Labute approximate surface area is 211 Å². The Bertz CT molecular complexity index is 1330. The largest absolute Gasteiger partial charge is 0.497 e. The van der Waals surface area contributed by atoms with Crippen LogP contribution in [0.25, 0.3) is 11.0 Å². The van der Waals surface area contributed by atoms with Crippen molar-refractivity contribution in [3.05, 3.63) is 78.6 Å². The van der Waals surface area contributed by atoms with Gasteiger partial charge < -0.3 is 23.7 Å². The van der Waals surface area contributed by atoms with Crippen LogP contribution in [0.3, 0.4) is 0 Å². The molecule has 4 aromatic rings. The third kappa shape index (κ3) is 4.87. The number of hydrogen-bond acceptors (Lipinski definition) is 5. The predicted molar refractivity (Wildman–Crippen MR) is 140 cm³/mol. The van der Waals surface area contributed by atoms with E-state index in [-0.39, 0.29) is 11.8 Å². The fourth-order valence-electron chi connectivity index (χ4n) is 4.83. The van der Waals surface area contributed by atoms with E-state index in [0.29, 0.717) is 19.6 Å². The number of imidazole rings is 1. The SMILES string of the molecule is COc1ccc(N2CC(c3nc4ccccc4n3CCCCOc3ccccc3OC)CC2=O)cc1. The number of hydrogen-bond donors (Lipinski definition) is 0. The first-order valence-corrected chi connectivity index (χ1v) is 12.3. The van der Waals surface area contributed by atoms with E-state index in [9.17, 15) is 4.79 Å². The summed E-state index contributed by atoms with van der Waals surface area (Å²) in [6.07, 6.45) is 2.28. The van der Waals surface area contributed by atoms with E-state index in [2.05, 4.69) is 10.6 Å². The highest BCUT2D eigenvalue weighted by molar-refractivity contribution is 5.96. The molecule has 7 heteroatoms. The molecule has 3 aromatic carbocycles. The highest BCUT2D eigenvalue weighted by atomic mass is 16.5. The molecule has 1 atom stereocenters. The smallest absolute Gasteiger partial charge is 0.227 e. The van der Waals surface area contributed by atoms with Crippen LogP contribution in [0.4, 0.5) is 5.69 Å². The summed E-state index contributed by atoms with van der Waals surface area (Å²) in [5, 5.41) is 0. The Balaban J connectivity index is 1.28. The highest BCUT2D eigenvalue weighted by Crippen LogP contribution is 2.34. The van der Waals surface area contributed by atoms with E-state index in [1.807, 2.05) is 71.6 Å². The molecule has 5 rings (SSSR count). The lowest BCUT2D eigenvalue weighted by Gasteiger charge is -2.18. The van der Waals surface area contributed by atoms with Crippen LogP contribution >= 0.6 is 0 Å². The molecule has 0 N–H and O–H groups in total. The maximum Gasteiger partial charge on any atom is 0.227 e. The number of para-hydroxylation sites is 4. The predicted octanol–water partition coefficient (Wildman–Crippen LogP) is 5.43. The average molecular weight is 486 g/mol. The van der Waals surface area contributed by atoms with E-state index >= 15 is 0 Å². The van der Waals surface area contributed by atoms with Crippen LogP contribution in [0, 0.1) is 0 Å². The minimum Gasteiger partial charge on any atom is -0.497 e. The zero-order valence-electron chi connectivity index (χ0n) is 20.7. The zero-order valence-corrected chi connectivity index (χ0v) is 20.7. The second-order valence-electron chi connectivity index (χ2n) is 8.92. The molecule has 0 bridgehead atoms. The van der Waals surface area contributed by atoms with Gasteiger partial charge in [-0.15, -0.1) is 0 Å². The van der Waals surface area contributed by atoms with E-state index in [4.69, 9.17) is 19.2 Å². The van der Waals surface area contributed by atoms with Gasteiger partial charge in [-0.05, 0) is 61.4 Å². The molecule has 1 fully saturated rings. The molecule has 2 heterocycles. The second kappa shape index (κ2) is 10.7. The molecule has 0 saturated carbocycles. The van der Waals surface area contributed by atoms with Gasteiger partial charge in [0, 0.05) is 31.1 Å². The number of aromatic nitrogens is 2. The number of carbonyl (C=O) groups excluding carboxylic acids is 1. The van der Waals surface area contributed by atoms with Gasteiger partial charge in [0.25, 0.3) is 0 Å². The molecule has 1 aromatic heterocycles. The Morgan fingerprint density at radius 2 is 1.64 bits per heavy atom. The van der Waals surface area contributed by atoms with E-state index in [1.54, 1.807) is 14.2 Å². The van der Waals surface area contributed by atoms with Crippen LogP contribution in [0.1, 0.15) is 31.0 Å². The standard InChI is InChI=1S/C29H31N3O4/c1-34-23-15-13-22(14-16-23)32-20-21(19-28(32)33)29-30-24-9-3-4-10-25(24)31(29)17-7-8-18-36-27-12-6-5-11-26(27)35-2/h3-6,9-16,21H,7-8,17-20H2,1-2H3. The van der Waals surface area contributed by atoms with E-state index in [0.717, 1.165) is 59.2 Å². The van der Waals surface area contributed by atoms with Gasteiger partial charge in [0.1, 0.15) is 11.6 Å². The Morgan fingerprint density at radius 3 is 2.42 bits per heavy atom. The van der Waals surface area contributed by atoms with Gasteiger partial charge in [0.15, 0.2) is 11.5 Å². The number of rotatable bonds is 10. The summed E-state index contributed by atoms with van der Waals surface area (Å²) in [5.74, 6) is 3.42. The van der Waals surface area contributed by atoms with Crippen molar-refractivity contribution in [2.24, 2.45) is 0 Å². The van der Waals surface area contributed by atoms with Crippen LogP contribution in [-0.2, 0) is 11.3 Å². The molecule has 1 amide bonds. The van der Waals surface area contributed by atoms with Crippen LogP contribution in [0.5, 0.6) is 17.2 Å². The Hall–Kier alpha value is -4.00. The van der Waals surface area contributed by atoms with Crippen molar-refractivity contribution < 1.29 is 19.0 Å². The molecule has 0 aliphatic carbocycles. The van der Waals surface area contributed by atoms with Crippen molar-refractivity contribution in [1.82, 2.24) is 9.55 Å². The number of fused-ring (bicyclic) bond motifs is 1. The number of nitrogens with zero attached hydrogens (tertiary/aromatic N) is 3. The summed E-state index contributed by atoms with van der Waals surface area (Å²) in [6, 6.07) is 23.5. The summed E-state index contributed by atoms with van der Waals surface area (Å²) in [7, 11) is 3.29. The van der Waals surface area contributed by atoms with Crippen LogP contribution in [0.2, 0.25) is 0 Å². The number of aryl methyl sites for hydroxylation is 1. The van der Waals surface area contributed by atoms with Crippen LogP contribution in [0.15, 0.2) is 72.8 Å². The van der Waals surface area contributed by atoms with Crippen LogP contribution < -0.4 is 19.1 Å². The third-order valence-electron chi connectivity index (χ3n) is 6.66. The summed E-state index contributed by atoms with van der Waals surface area (Å²) < 4.78 is 18.9. The van der Waals surface area contributed by atoms with Crippen molar-refractivity contribution in [2.75, 3.05) is 32.3 Å². The maximum atomic E-state index is 13.0. The molecule has 0 radical (unpaired) electrons. The second-order valence-corrected chi connectivity index (χ2v) is 8.92. The number of methoxy groups -OCH3 is 2. The lowest BCUT2D eigenvalue weighted by Crippen LogP contribution is -2.24. The molecular weight excluding hydrogens is 454 g/mol. The number of anilines is 1. The number of benzene rings is 3. The highest BCUT2D eigenvalue weighted by Gasteiger charge is 2.34. The molecule has 36 heavy (non-hydrogen) atoms. The lowest BCUT2D eigenvalue weighted by atomic mass is 10.1. The maximum absolute atomic E-state index is 13.0. The molecule has 1 saturated heterocycles. The zero-order chi connectivity index (χ0) is 24.9. The van der Waals surface area contributed by atoms with Crippen molar-refractivity contribution in [1.29, 1.82) is 0 Å². The van der Waals surface area contributed by atoms with Crippen molar-refractivity contribution in [3.8, 4) is 17.2 Å². The lowest BCUT2D eigenvalue weighted by molar-refractivity contribution is -0.117. The van der Waals surface area contributed by atoms with Gasteiger partial charge in [0.05, 0.1) is 31.9 Å². The minimum absolute atomic E-state index is 0.0387. The normalized spacial score (nSPS) is 15.4. The third-order valence-corrected chi connectivity index (χ3v) is 6.66. The minimum atomic E-state index is 0.0387. The first-order valence-electron chi connectivity index (χ1n) is 12.3. The monoisotopic (exact) mass is 485 g/mol. The molecule has 0 spiro atoms. The summed E-state index contributed by atoms with van der Waals surface area (Å²) in [5.41, 5.74) is 2.96. The Morgan fingerprint density at radius 1 is 0.889 bits per heavy atom. The number of amides is 1. The Kier molecular flexibility index (Phi) is 7.07. The van der Waals surface area contributed by atoms with Crippen LogP contribution in [-0.4, -0.2) is 42.8 Å². The molecule has 1 aliphatic rings. The van der Waals surface area contributed by atoms with Gasteiger partial charge in [0.2, 0.25) is 5.91 Å². The van der Waals surface area contributed by atoms with Gasteiger partial charge in [-0.25, -0.2) is 4.98 Å². The average Bonchev–Trinajstić information content (AvgIpc) is 3.49. The fourth-order valence-corrected chi connectivity index (χ4v) is 4.83. The molecule has 1 unspecified atom stereocenters. The van der Waals surface area contributed by atoms with Gasteiger partial charge in [-0.1, -0.05) is 24.3 Å². The van der Waals surface area contributed by atoms with Gasteiger partial charge in [-0.2, -0.15) is 0 Å². The summed E-state index contributed by atoms with van der Waals surface area (Å²) in [4.78, 5) is 19.8. The summed E-state index contributed by atoms with van der Waals surface area (Å²) in [6.45, 7) is 2.04. The fraction of sp³-hybridized carbons (Fsp3) is 0.310. The topological polar surface area (TPSA) is 65.8 Å². The first kappa shape index (κ1) is 23.7. The quantitative estimate of drug-likeness (QED) is 0.280. The first-order chi connectivity index (χ1) is 17.7. The van der Waals surface area contributed by atoms with Gasteiger partial charge in [-0.3, -0.25) is 4.79 Å². The van der Waals surface area contributed by atoms with Gasteiger partial charge >= 0.3 is 0 Å². The summed E-state index contributed by atoms with van der Waals surface area (Å²) >= 11 is 0. The van der Waals surface area contributed by atoms with Crippen molar-refractivity contribution >= 4 is 22.6 Å². The van der Waals surface area contributed by atoms with Crippen molar-refractivity contribution in [2.45, 2.75) is 31.7 Å². The molecule has 1 aliphatic heterocycles.